The van der Waals surface area contributed by atoms with Gasteiger partial charge in [0.1, 0.15) is 5.75 Å². The van der Waals surface area contributed by atoms with E-state index < -0.39 is 0 Å². The minimum Gasteiger partial charge on any atom is -0.497 e. The molecule has 152 valence electrons. The van der Waals surface area contributed by atoms with Crippen molar-refractivity contribution in [2.24, 2.45) is 0 Å². The molecule has 0 spiro atoms. The molecule has 0 saturated carbocycles. The average Bonchev–Trinajstić information content (AvgIpc) is 3.16. The zero-order chi connectivity index (χ0) is 20.4. The summed E-state index contributed by atoms with van der Waals surface area (Å²) in [4.78, 5) is 21.8. The number of pyridine rings is 1. The van der Waals surface area contributed by atoms with Crippen LogP contribution in [0.15, 0.2) is 48.8 Å². The lowest BCUT2D eigenvalue weighted by Gasteiger charge is -2.36. The fourth-order valence-electron chi connectivity index (χ4n) is 3.75. The van der Waals surface area contributed by atoms with Gasteiger partial charge in [-0.1, -0.05) is 0 Å². The number of hydrogen-bond donors (Lipinski definition) is 1. The predicted molar refractivity (Wildman–Crippen MR) is 116 cm³/mol. The van der Waals surface area contributed by atoms with Gasteiger partial charge in [0.15, 0.2) is 5.82 Å². The summed E-state index contributed by atoms with van der Waals surface area (Å²) in [6, 6.07) is 12.0. The standard InChI is InChI=1S/C22H27N5O2/c1-16(2)24-19-5-4-9-23-21(19)25-11-13-26(14-12-25)22(28)27-10-8-17-15-18(29-3)6-7-20(17)27/h4-10,15-16,24H,11-14H2,1-3H3. The average molecular weight is 393 g/mol. The molecule has 2 aromatic heterocycles. The molecule has 4 rings (SSSR count). The third kappa shape index (κ3) is 3.85. The second kappa shape index (κ2) is 8.03. The first-order chi connectivity index (χ1) is 14.1. The summed E-state index contributed by atoms with van der Waals surface area (Å²) in [5.74, 6) is 1.74. The van der Waals surface area contributed by atoms with Crippen LogP contribution in [0.2, 0.25) is 0 Å². The Morgan fingerprint density at radius 1 is 1.14 bits per heavy atom. The Hall–Kier alpha value is -3.22. The summed E-state index contributed by atoms with van der Waals surface area (Å²) in [6.45, 7) is 7.05. The number of aromatic nitrogens is 2. The molecule has 0 radical (unpaired) electrons. The van der Waals surface area contributed by atoms with Crippen LogP contribution < -0.4 is 15.0 Å². The Morgan fingerprint density at radius 3 is 2.66 bits per heavy atom. The molecule has 1 aliphatic rings. The Bertz CT molecular complexity index is 1010. The van der Waals surface area contributed by atoms with E-state index in [2.05, 4.69) is 35.1 Å². The van der Waals surface area contributed by atoms with Gasteiger partial charge in [-0.25, -0.2) is 9.78 Å². The van der Waals surface area contributed by atoms with Crippen LogP contribution in [-0.2, 0) is 0 Å². The molecule has 0 aliphatic carbocycles. The lowest BCUT2D eigenvalue weighted by molar-refractivity contribution is 0.197. The molecule has 1 aliphatic heterocycles. The monoisotopic (exact) mass is 393 g/mol. The molecule has 1 amide bonds. The van der Waals surface area contributed by atoms with E-state index in [0.29, 0.717) is 19.1 Å². The van der Waals surface area contributed by atoms with Gasteiger partial charge in [0.2, 0.25) is 0 Å². The van der Waals surface area contributed by atoms with Crippen molar-refractivity contribution in [3.63, 3.8) is 0 Å². The van der Waals surface area contributed by atoms with Crippen LogP contribution in [0.4, 0.5) is 16.3 Å². The summed E-state index contributed by atoms with van der Waals surface area (Å²) >= 11 is 0. The molecule has 1 N–H and O–H groups in total. The Morgan fingerprint density at radius 2 is 1.93 bits per heavy atom. The van der Waals surface area contributed by atoms with E-state index >= 15 is 0 Å². The van der Waals surface area contributed by atoms with E-state index in [9.17, 15) is 4.79 Å². The minimum atomic E-state index is 0.00589. The quantitative estimate of drug-likeness (QED) is 0.733. The number of nitrogens with zero attached hydrogens (tertiary/aromatic N) is 4. The van der Waals surface area contributed by atoms with Crippen molar-refractivity contribution in [1.82, 2.24) is 14.5 Å². The SMILES string of the molecule is COc1ccc2c(ccn2C(=O)N2CCN(c3ncccc3NC(C)C)CC2)c1. The molecule has 3 aromatic rings. The van der Waals surface area contributed by atoms with Crippen LogP contribution in [0.5, 0.6) is 5.75 Å². The highest BCUT2D eigenvalue weighted by Gasteiger charge is 2.25. The van der Waals surface area contributed by atoms with Crippen LogP contribution in [0.3, 0.4) is 0 Å². The number of benzene rings is 1. The number of piperazine rings is 1. The van der Waals surface area contributed by atoms with Crippen LogP contribution in [0, 0.1) is 0 Å². The lowest BCUT2D eigenvalue weighted by atomic mass is 10.2. The van der Waals surface area contributed by atoms with Crippen molar-refractivity contribution in [3.05, 3.63) is 48.8 Å². The predicted octanol–water partition coefficient (Wildman–Crippen LogP) is 3.66. The second-order valence-electron chi connectivity index (χ2n) is 7.54. The van der Waals surface area contributed by atoms with Crippen LogP contribution in [0.1, 0.15) is 13.8 Å². The molecule has 0 bridgehead atoms. The van der Waals surface area contributed by atoms with E-state index in [1.165, 1.54) is 0 Å². The maximum Gasteiger partial charge on any atom is 0.328 e. The smallest absolute Gasteiger partial charge is 0.328 e. The van der Waals surface area contributed by atoms with Crippen molar-refractivity contribution in [1.29, 1.82) is 0 Å². The number of nitrogens with one attached hydrogen (secondary N) is 1. The third-order valence-corrected chi connectivity index (χ3v) is 5.18. The summed E-state index contributed by atoms with van der Waals surface area (Å²) in [7, 11) is 1.65. The van der Waals surface area contributed by atoms with Crippen LogP contribution in [-0.4, -0.2) is 59.8 Å². The highest BCUT2D eigenvalue weighted by Crippen LogP contribution is 2.26. The zero-order valence-corrected chi connectivity index (χ0v) is 17.1. The van der Waals surface area contributed by atoms with E-state index in [-0.39, 0.29) is 6.03 Å². The van der Waals surface area contributed by atoms with Gasteiger partial charge in [-0.3, -0.25) is 4.57 Å². The van der Waals surface area contributed by atoms with Gasteiger partial charge in [0.25, 0.3) is 0 Å². The maximum absolute atomic E-state index is 13.1. The van der Waals surface area contributed by atoms with Gasteiger partial charge in [0.05, 0.1) is 18.3 Å². The first-order valence-corrected chi connectivity index (χ1v) is 9.97. The molecule has 3 heterocycles. The van der Waals surface area contributed by atoms with Gasteiger partial charge in [0, 0.05) is 50.0 Å². The second-order valence-corrected chi connectivity index (χ2v) is 7.54. The van der Waals surface area contributed by atoms with Crippen molar-refractivity contribution >= 4 is 28.4 Å². The Balaban J connectivity index is 1.47. The highest BCUT2D eigenvalue weighted by atomic mass is 16.5. The normalized spacial score (nSPS) is 14.5. The van der Waals surface area contributed by atoms with Gasteiger partial charge >= 0.3 is 6.03 Å². The summed E-state index contributed by atoms with van der Waals surface area (Å²) in [5, 5.41) is 4.45. The molecule has 7 heteroatoms. The molecule has 0 atom stereocenters. The number of rotatable bonds is 4. The number of anilines is 2. The molecule has 1 aromatic carbocycles. The first kappa shape index (κ1) is 19.1. The Labute approximate surface area is 170 Å². The number of carbonyl (C=O) groups is 1. The molecule has 7 nitrogen and oxygen atoms in total. The maximum atomic E-state index is 13.1. The summed E-state index contributed by atoms with van der Waals surface area (Å²) in [5.41, 5.74) is 1.93. The number of hydrogen-bond acceptors (Lipinski definition) is 5. The van der Waals surface area contributed by atoms with Crippen molar-refractivity contribution in [2.75, 3.05) is 43.5 Å². The van der Waals surface area contributed by atoms with Crippen molar-refractivity contribution in [2.45, 2.75) is 19.9 Å². The van der Waals surface area contributed by atoms with Gasteiger partial charge in [-0.05, 0) is 50.2 Å². The fraction of sp³-hybridized carbons (Fsp3) is 0.364. The highest BCUT2D eigenvalue weighted by molar-refractivity contribution is 5.92. The van der Waals surface area contributed by atoms with Crippen LogP contribution >= 0.6 is 0 Å². The van der Waals surface area contributed by atoms with E-state index in [0.717, 1.165) is 41.2 Å². The minimum absolute atomic E-state index is 0.00589. The fourth-order valence-corrected chi connectivity index (χ4v) is 3.75. The number of methoxy groups -OCH3 is 1. The Kier molecular flexibility index (Phi) is 5.29. The van der Waals surface area contributed by atoms with E-state index in [1.807, 2.05) is 47.6 Å². The van der Waals surface area contributed by atoms with E-state index in [1.54, 1.807) is 11.7 Å². The molecular formula is C22H27N5O2. The van der Waals surface area contributed by atoms with Gasteiger partial charge in [-0.15, -0.1) is 0 Å². The lowest BCUT2D eigenvalue weighted by Crippen LogP contribution is -2.50. The van der Waals surface area contributed by atoms with Crippen LogP contribution in [0.25, 0.3) is 10.9 Å². The van der Waals surface area contributed by atoms with Gasteiger partial charge in [-0.2, -0.15) is 0 Å². The van der Waals surface area contributed by atoms with Gasteiger partial charge < -0.3 is 19.9 Å². The first-order valence-electron chi connectivity index (χ1n) is 9.97. The number of amides is 1. The largest absolute Gasteiger partial charge is 0.497 e. The molecule has 1 fully saturated rings. The van der Waals surface area contributed by atoms with Crippen molar-refractivity contribution in [3.8, 4) is 5.75 Å². The molecule has 0 unspecified atom stereocenters. The third-order valence-electron chi connectivity index (χ3n) is 5.18. The number of carbonyl (C=O) groups excluding carboxylic acids is 1. The number of fused-ring (bicyclic) bond motifs is 1. The van der Waals surface area contributed by atoms with E-state index in [4.69, 9.17) is 4.74 Å². The molecular weight excluding hydrogens is 366 g/mol. The molecule has 29 heavy (non-hydrogen) atoms. The zero-order valence-electron chi connectivity index (χ0n) is 17.1. The molecule has 1 saturated heterocycles. The topological polar surface area (TPSA) is 62.6 Å². The number of ether oxygens (including phenoxy) is 1. The summed E-state index contributed by atoms with van der Waals surface area (Å²) in [6.07, 6.45) is 3.65. The van der Waals surface area contributed by atoms with Crippen molar-refractivity contribution < 1.29 is 9.53 Å². The summed E-state index contributed by atoms with van der Waals surface area (Å²) < 4.78 is 6.99.